The molecule has 0 aliphatic rings. The molecule has 0 amide bonds. The quantitative estimate of drug-likeness (QED) is 0.682. The van der Waals surface area contributed by atoms with Crippen LogP contribution in [0.4, 0.5) is 0 Å². The Labute approximate surface area is 97.7 Å². The van der Waals surface area contributed by atoms with Crippen molar-refractivity contribution >= 4 is 5.65 Å². The molecule has 0 N–H and O–H groups in total. The maximum atomic E-state index is 5.57. The van der Waals surface area contributed by atoms with Gasteiger partial charge in [0.05, 0.1) is 6.20 Å². The number of nitrogens with zero attached hydrogens (tertiary/aromatic N) is 4. The summed E-state index contributed by atoms with van der Waals surface area (Å²) in [7, 11) is 0. The van der Waals surface area contributed by atoms with E-state index in [1.165, 1.54) is 0 Å². The van der Waals surface area contributed by atoms with Gasteiger partial charge in [0, 0.05) is 12.4 Å². The van der Waals surface area contributed by atoms with Crippen LogP contribution in [-0.4, -0.2) is 19.6 Å². The number of ether oxygens (including phenoxy) is 1. The Kier molecular flexibility index (Phi) is 2.42. The van der Waals surface area contributed by atoms with Crippen LogP contribution in [0.15, 0.2) is 48.9 Å². The molecule has 3 aromatic rings. The summed E-state index contributed by atoms with van der Waals surface area (Å²) in [5.41, 5.74) is 0.817. The van der Waals surface area contributed by atoms with Crippen molar-refractivity contribution in [3.8, 4) is 5.75 Å². The maximum absolute atomic E-state index is 5.57. The molecule has 3 aromatic heterocycles. The fraction of sp³-hybridized carbons (Fsp3) is 0.0833. The zero-order chi connectivity index (χ0) is 11.5. The third-order valence-corrected chi connectivity index (χ3v) is 2.39. The lowest BCUT2D eigenvalue weighted by Gasteiger charge is -2.03. The predicted molar refractivity (Wildman–Crippen MR) is 61.6 cm³/mol. The average molecular weight is 226 g/mol. The number of hydrogen-bond donors (Lipinski definition) is 0. The normalized spacial score (nSPS) is 10.6. The predicted octanol–water partition coefficient (Wildman–Crippen LogP) is 1.70. The van der Waals surface area contributed by atoms with Crippen LogP contribution in [0.25, 0.3) is 5.65 Å². The molecular weight excluding hydrogens is 216 g/mol. The lowest BCUT2D eigenvalue weighted by molar-refractivity contribution is 0.293. The fourth-order valence-corrected chi connectivity index (χ4v) is 1.57. The highest BCUT2D eigenvalue weighted by molar-refractivity contribution is 5.36. The summed E-state index contributed by atoms with van der Waals surface area (Å²) in [5.74, 6) is 1.49. The molecule has 0 spiro atoms. The van der Waals surface area contributed by atoms with Gasteiger partial charge in [-0.05, 0) is 24.3 Å². The summed E-state index contributed by atoms with van der Waals surface area (Å²) in [6.07, 6.45) is 5.29. The molecule has 0 fully saturated rings. The standard InChI is InChI=1S/C12H10N4O/c1-2-7-16-11(5-1)14-15-12(16)9-17-10-4-3-6-13-8-10/h1-8H,9H2. The van der Waals surface area contributed by atoms with Gasteiger partial charge >= 0.3 is 0 Å². The molecule has 3 heterocycles. The van der Waals surface area contributed by atoms with Crippen molar-refractivity contribution in [2.24, 2.45) is 0 Å². The third kappa shape index (κ3) is 1.94. The minimum absolute atomic E-state index is 0.372. The van der Waals surface area contributed by atoms with Gasteiger partial charge in [-0.3, -0.25) is 9.38 Å². The molecule has 0 saturated carbocycles. The lowest BCUT2D eigenvalue weighted by atomic mass is 10.4. The first kappa shape index (κ1) is 9.77. The number of pyridine rings is 2. The van der Waals surface area contributed by atoms with Crippen molar-refractivity contribution < 1.29 is 4.74 Å². The summed E-state index contributed by atoms with van der Waals surface area (Å²) >= 11 is 0. The molecule has 0 atom stereocenters. The van der Waals surface area contributed by atoms with Gasteiger partial charge in [-0.25, -0.2) is 0 Å². The first-order valence-electron chi connectivity index (χ1n) is 5.25. The number of hydrogen-bond acceptors (Lipinski definition) is 4. The zero-order valence-corrected chi connectivity index (χ0v) is 9.02. The van der Waals surface area contributed by atoms with Crippen molar-refractivity contribution in [3.05, 3.63) is 54.7 Å². The monoisotopic (exact) mass is 226 g/mol. The Morgan fingerprint density at radius 1 is 1.12 bits per heavy atom. The van der Waals surface area contributed by atoms with Gasteiger partial charge in [0.1, 0.15) is 12.4 Å². The van der Waals surface area contributed by atoms with Crippen LogP contribution < -0.4 is 4.74 Å². The minimum atomic E-state index is 0.372. The van der Waals surface area contributed by atoms with E-state index in [1.807, 2.05) is 40.9 Å². The topological polar surface area (TPSA) is 52.3 Å². The molecule has 5 heteroatoms. The van der Waals surface area contributed by atoms with Crippen LogP contribution in [0.5, 0.6) is 5.75 Å². The van der Waals surface area contributed by atoms with Gasteiger partial charge in [0.15, 0.2) is 11.5 Å². The molecule has 5 nitrogen and oxygen atoms in total. The number of aromatic nitrogens is 4. The molecule has 0 unspecified atom stereocenters. The van der Waals surface area contributed by atoms with Crippen molar-refractivity contribution in [1.82, 2.24) is 19.6 Å². The minimum Gasteiger partial charge on any atom is -0.484 e. The van der Waals surface area contributed by atoms with Crippen LogP contribution in [0.1, 0.15) is 5.82 Å². The lowest BCUT2D eigenvalue weighted by Crippen LogP contribution is -2.01. The Bertz CT molecular complexity index is 620. The van der Waals surface area contributed by atoms with Gasteiger partial charge in [0.25, 0.3) is 0 Å². The van der Waals surface area contributed by atoms with Crippen LogP contribution >= 0.6 is 0 Å². The molecule has 0 aliphatic heterocycles. The highest BCUT2D eigenvalue weighted by Crippen LogP contribution is 2.10. The van der Waals surface area contributed by atoms with E-state index in [1.54, 1.807) is 12.4 Å². The second kappa shape index (κ2) is 4.21. The Balaban J connectivity index is 1.82. The third-order valence-electron chi connectivity index (χ3n) is 2.39. The second-order valence-corrected chi connectivity index (χ2v) is 3.52. The van der Waals surface area contributed by atoms with E-state index in [9.17, 15) is 0 Å². The van der Waals surface area contributed by atoms with E-state index in [2.05, 4.69) is 15.2 Å². The highest BCUT2D eigenvalue weighted by atomic mass is 16.5. The first-order valence-corrected chi connectivity index (χ1v) is 5.25. The summed E-state index contributed by atoms with van der Waals surface area (Å²) in [6, 6.07) is 9.45. The Morgan fingerprint density at radius 2 is 2.12 bits per heavy atom. The molecule has 0 radical (unpaired) electrons. The van der Waals surface area contributed by atoms with Crippen molar-refractivity contribution in [3.63, 3.8) is 0 Å². The average Bonchev–Trinajstić information content (AvgIpc) is 2.81. The number of fused-ring (bicyclic) bond motifs is 1. The maximum Gasteiger partial charge on any atom is 0.175 e. The van der Waals surface area contributed by atoms with Crippen molar-refractivity contribution in [1.29, 1.82) is 0 Å². The van der Waals surface area contributed by atoms with Gasteiger partial charge in [-0.15, -0.1) is 10.2 Å². The van der Waals surface area contributed by atoms with Crippen molar-refractivity contribution in [2.45, 2.75) is 6.61 Å². The van der Waals surface area contributed by atoms with Crippen LogP contribution in [-0.2, 0) is 6.61 Å². The van der Waals surface area contributed by atoms with Gasteiger partial charge in [-0.1, -0.05) is 6.07 Å². The fourth-order valence-electron chi connectivity index (χ4n) is 1.57. The molecule has 0 bridgehead atoms. The van der Waals surface area contributed by atoms with Gasteiger partial charge in [-0.2, -0.15) is 0 Å². The van der Waals surface area contributed by atoms with E-state index in [4.69, 9.17) is 4.74 Å². The van der Waals surface area contributed by atoms with Gasteiger partial charge in [0.2, 0.25) is 0 Å². The highest BCUT2D eigenvalue weighted by Gasteiger charge is 2.04. The first-order chi connectivity index (χ1) is 8.43. The molecular formula is C12H10N4O. The summed E-state index contributed by atoms with van der Waals surface area (Å²) < 4.78 is 7.47. The van der Waals surface area contributed by atoms with E-state index < -0.39 is 0 Å². The summed E-state index contributed by atoms with van der Waals surface area (Å²) in [5, 5.41) is 8.13. The van der Waals surface area contributed by atoms with Crippen LogP contribution in [0.3, 0.4) is 0 Å². The Morgan fingerprint density at radius 3 is 3.00 bits per heavy atom. The van der Waals surface area contributed by atoms with E-state index in [0.717, 1.165) is 17.2 Å². The van der Waals surface area contributed by atoms with Crippen molar-refractivity contribution in [2.75, 3.05) is 0 Å². The molecule has 0 aliphatic carbocycles. The summed E-state index contributed by atoms with van der Waals surface area (Å²) in [6.45, 7) is 0.372. The Hall–Kier alpha value is -2.43. The van der Waals surface area contributed by atoms with Gasteiger partial charge < -0.3 is 4.74 Å². The van der Waals surface area contributed by atoms with Crippen LogP contribution in [0.2, 0.25) is 0 Å². The summed E-state index contributed by atoms with van der Waals surface area (Å²) in [4.78, 5) is 3.98. The molecule has 84 valence electrons. The molecule has 0 aromatic carbocycles. The molecule has 3 rings (SSSR count). The van der Waals surface area contributed by atoms with E-state index in [0.29, 0.717) is 6.61 Å². The molecule has 0 saturated heterocycles. The van der Waals surface area contributed by atoms with Crippen LogP contribution in [0, 0.1) is 0 Å². The number of rotatable bonds is 3. The second-order valence-electron chi connectivity index (χ2n) is 3.52. The largest absolute Gasteiger partial charge is 0.484 e. The van der Waals surface area contributed by atoms with E-state index in [-0.39, 0.29) is 0 Å². The smallest absolute Gasteiger partial charge is 0.175 e. The zero-order valence-electron chi connectivity index (χ0n) is 9.02. The molecule has 17 heavy (non-hydrogen) atoms. The van der Waals surface area contributed by atoms with E-state index >= 15 is 0 Å². The SMILES string of the molecule is c1cncc(OCc2nnc3ccccn23)c1.